The molecule has 0 aromatic carbocycles. The smallest absolute Gasteiger partial charge is 0.246 e. The number of carbonyl (C=O) groups excluding carboxylic acids is 2. The molecule has 3 rings (SSSR count). The molecule has 0 aromatic rings. The maximum absolute atomic E-state index is 13.0. The highest BCUT2D eigenvalue weighted by molar-refractivity contribution is 6.00. The minimum absolute atomic E-state index is 0.115. The van der Waals surface area contributed by atoms with Gasteiger partial charge in [0.2, 0.25) is 11.8 Å². The Hall–Kier alpha value is -1.06. The first-order chi connectivity index (χ1) is 10.1. The summed E-state index contributed by atoms with van der Waals surface area (Å²) in [7, 11) is 0. The van der Waals surface area contributed by atoms with Crippen molar-refractivity contribution < 1.29 is 9.59 Å². The molecule has 2 atom stereocenters. The molecule has 1 heterocycles. The molecule has 1 spiro atoms. The first-order valence-electron chi connectivity index (χ1n) is 8.71. The monoisotopic (exact) mass is 292 g/mol. The molecule has 0 radical (unpaired) electrons. The van der Waals surface area contributed by atoms with Crippen molar-refractivity contribution in [1.82, 2.24) is 10.2 Å². The average molecular weight is 292 g/mol. The number of nitrogens with one attached hydrogen (secondary N) is 1. The van der Waals surface area contributed by atoms with Crippen LogP contribution in [0.25, 0.3) is 0 Å². The number of piperazine rings is 1. The molecule has 1 saturated heterocycles. The van der Waals surface area contributed by atoms with Gasteiger partial charge in [-0.25, -0.2) is 0 Å². The fourth-order valence-corrected chi connectivity index (χ4v) is 4.12. The van der Waals surface area contributed by atoms with E-state index in [0.29, 0.717) is 5.92 Å². The molecule has 2 unspecified atom stereocenters. The molecular weight excluding hydrogens is 264 g/mol. The van der Waals surface area contributed by atoms with Crippen LogP contribution in [0.3, 0.4) is 0 Å². The maximum Gasteiger partial charge on any atom is 0.246 e. The van der Waals surface area contributed by atoms with Crippen LogP contribution in [0.2, 0.25) is 0 Å². The zero-order valence-corrected chi connectivity index (χ0v) is 13.4. The summed E-state index contributed by atoms with van der Waals surface area (Å²) in [4.78, 5) is 27.8. The molecule has 2 saturated carbocycles. The number of hydrogen-bond acceptors (Lipinski definition) is 2. The van der Waals surface area contributed by atoms with Crippen LogP contribution in [0.5, 0.6) is 0 Å². The van der Waals surface area contributed by atoms with Crippen molar-refractivity contribution in [2.45, 2.75) is 76.8 Å². The summed E-state index contributed by atoms with van der Waals surface area (Å²) in [6, 6.07) is -0.311. The lowest BCUT2D eigenvalue weighted by atomic mass is 9.80. The molecule has 3 fully saturated rings. The Morgan fingerprint density at radius 3 is 2.43 bits per heavy atom. The highest BCUT2D eigenvalue weighted by Gasteiger charge is 2.54. The van der Waals surface area contributed by atoms with Gasteiger partial charge >= 0.3 is 0 Å². The summed E-state index contributed by atoms with van der Waals surface area (Å²) in [5, 5.41) is 3.06. The summed E-state index contributed by atoms with van der Waals surface area (Å²) in [5.74, 6) is 1.13. The predicted molar refractivity (Wildman–Crippen MR) is 81.6 cm³/mol. The quantitative estimate of drug-likeness (QED) is 0.865. The van der Waals surface area contributed by atoms with Crippen molar-refractivity contribution in [1.29, 1.82) is 0 Å². The van der Waals surface area contributed by atoms with Crippen molar-refractivity contribution >= 4 is 11.8 Å². The summed E-state index contributed by atoms with van der Waals surface area (Å²) in [6.45, 7) is 4.95. The third kappa shape index (κ3) is 2.36. The number of amides is 2. The van der Waals surface area contributed by atoms with Gasteiger partial charge in [0.25, 0.3) is 0 Å². The minimum atomic E-state index is -0.517. The largest absolute Gasteiger partial charge is 0.342 e. The molecule has 0 aromatic heterocycles. The van der Waals surface area contributed by atoms with Crippen LogP contribution in [-0.2, 0) is 9.59 Å². The lowest BCUT2D eigenvalue weighted by Crippen LogP contribution is -2.71. The molecule has 3 aliphatic rings. The van der Waals surface area contributed by atoms with Gasteiger partial charge in [-0.3, -0.25) is 9.59 Å². The van der Waals surface area contributed by atoms with Gasteiger partial charge in [0.1, 0.15) is 11.6 Å². The van der Waals surface area contributed by atoms with Gasteiger partial charge in [-0.1, -0.05) is 39.5 Å². The topological polar surface area (TPSA) is 49.4 Å². The first kappa shape index (κ1) is 14.9. The summed E-state index contributed by atoms with van der Waals surface area (Å²) < 4.78 is 0. The van der Waals surface area contributed by atoms with E-state index in [-0.39, 0.29) is 23.8 Å². The van der Waals surface area contributed by atoms with Gasteiger partial charge in [-0.05, 0) is 37.5 Å². The summed E-state index contributed by atoms with van der Waals surface area (Å²) in [6.07, 6.45) is 8.47. The van der Waals surface area contributed by atoms with E-state index in [9.17, 15) is 9.59 Å². The molecule has 21 heavy (non-hydrogen) atoms. The highest BCUT2D eigenvalue weighted by Crippen LogP contribution is 2.41. The van der Waals surface area contributed by atoms with Crippen LogP contribution >= 0.6 is 0 Å². The Bertz CT molecular complexity index is 425. The van der Waals surface area contributed by atoms with Gasteiger partial charge < -0.3 is 10.2 Å². The number of carbonyl (C=O) groups is 2. The second-order valence-electron chi connectivity index (χ2n) is 7.32. The maximum atomic E-state index is 13.0. The standard InChI is InChI=1S/C17H28N2O2/c1-3-12(2)14-15(20)19(11-13-7-6-8-13)17(16(21)18-14)9-4-5-10-17/h12-14H,3-11H2,1-2H3,(H,18,21). The highest BCUT2D eigenvalue weighted by atomic mass is 16.2. The molecule has 4 heteroatoms. The molecule has 2 amide bonds. The van der Waals surface area contributed by atoms with Crippen LogP contribution in [0.4, 0.5) is 0 Å². The van der Waals surface area contributed by atoms with Gasteiger partial charge in [-0.15, -0.1) is 0 Å². The lowest BCUT2D eigenvalue weighted by Gasteiger charge is -2.49. The van der Waals surface area contributed by atoms with Gasteiger partial charge in [-0.2, -0.15) is 0 Å². The van der Waals surface area contributed by atoms with E-state index in [1.807, 2.05) is 4.90 Å². The predicted octanol–water partition coefficient (Wildman–Crippen LogP) is 2.47. The van der Waals surface area contributed by atoms with Gasteiger partial charge in [0.05, 0.1) is 0 Å². The third-order valence-electron chi connectivity index (χ3n) is 6.07. The van der Waals surface area contributed by atoms with Crippen LogP contribution in [-0.4, -0.2) is 34.8 Å². The van der Waals surface area contributed by atoms with Crippen LogP contribution in [0, 0.1) is 11.8 Å². The molecular formula is C17H28N2O2. The van der Waals surface area contributed by atoms with E-state index in [4.69, 9.17) is 0 Å². The van der Waals surface area contributed by atoms with Crippen molar-refractivity contribution in [3.8, 4) is 0 Å². The number of rotatable bonds is 4. The second kappa shape index (κ2) is 5.62. The van der Waals surface area contributed by atoms with Crippen molar-refractivity contribution in [3.63, 3.8) is 0 Å². The summed E-state index contributed by atoms with van der Waals surface area (Å²) in [5.41, 5.74) is -0.517. The third-order valence-corrected chi connectivity index (χ3v) is 6.07. The molecule has 1 N–H and O–H groups in total. The van der Waals surface area contributed by atoms with E-state index in [1.54, 1.807) is 0 Å². The minimum Gasteiger partial charge on any atom is -0.342 e. The van der Waals surface area contributed by atoms with E-state index in [2.05, 4.69) is 19.2 Å². The van der Waals surface area contributed by atoms with Crippen molar-refractivity contribution in [2.75, 3.05) is 6.54 Å². The van der Waals surface area contributed by atoms with Gasteiger partial charge in [0, 0.05) is 6.54 Å². The molecule has 2 aliphatic carbocycles. The molecule has 1 aliphatic heterocycles. The van der Waals surface area contributed by atoms with E-state index >= 15 is 0 Å². The first-order valence-corrected chi connectivity index (χ1v) is 8.71. The Balaban J connectivity index is 1.86. The Morgan fingerprint density at radius 1 is 1.24 bits per heavy atom. The Kier molecular flexibility index (Phi) is 3.98. The van der Waals surface area contributed by atoms with E-state index in [0.717, 1.165) is 38.6 Å². The Labute approximate surface area is 127 Å². The van der Waals surface area contributed by atoms with Crippen molar-refractivity contribution in [2.24, 2.45) is 11.8 Å². The fourth-order valence-electron chi connectivity index (χ4n) is 4.12. The lowest BCUT2D eigenvalue weighted by molar-refractivity contribution is -0.160. The molecule has 0 bridgehead atoms. The van der Waals surface area contributed by atoms with Crippen molar-refractivity contribution in [3.05, 3.63) is 0 Å². The van der Waals surface area contributed by atoms with Crippen LogP contribution < -0.4 is 5.32 Å². The average Bonchev–Trinajstić information content (AvgIpc) is 2.91. The van der Waals surface area contributed by atoms with Gasteiger partial charge in [0.15, 0.2) is 0 Å². The second-order valence-corrected chi connectivity index (χ2v) is 7.32. The normalized spacial score (nSPS) is 30.4. The fraction of sp³-hybridized carbons (Fsp3) is 0.882. The SMILES string of the molecule is CCC(C)C1NC(=O)C2(CCCC2)N(CC2CCC2)C1=O. The van der Waals surface area contributed by atoms with E-state index < -0.39 is 5.54 Å². The number of nitrogens with zero attached hydrogens (tertiary/aromatic N) is 1. The van der Waals surface area contributed by atoms with Crippen LogP contribution in [0.15, 0.2) is 0 Å². The summed E-state index contributed by atoms with van der Waals surface area (Å²) >= 11 is 0. The molecule has 4 nitrogen and oxygen atoms in total. The zero-order chi connectivity index (χ0) is 15.0. The zero-order valence-electron chi connectivity index (χ0n) is 13.4. The molecule has 118 valence electrons. The Morgan fingerprint density at radius 2 is 1.90 bits per heavy atom. The number of hydrogen-bond donors (Lipinski definition) is 1. The van der Waals surface area contributed by atoms with E-state index in [1.165, 1.54) is 19.3 Å². The van der Waals surface area contributed by atoms with Crippen LogP contribution in [0.1, 0.15) is 65.2 Å².